The number of fused-ring (bicyclic) bond motifs is 2. The summed E-state index contributed by atoms with van der Waals surface area (Å²) in [5.41, 5.74) is 2.28. The fraction of sp³-hybridized carbons (Fsp3) is 0.250. The van der Waals surface area contributed by atoms with Gasteiger partial charge in [-0.1, -0.05) is 60.7 Å². The summed E-state index contributed by atoms with van der Waals surface area (Å²) in [6.45, 7) is 2.48. The van der Waals surface area contributed by atoms with Gasteiger partial charge in [0.05, 0.1) is 10.4 Å². The van der Waals surface area contributed by atoms with E-state index in [2.05, 4.69) is 17.0 Å². The Balaban J connectivity index is 1.52. The quantitative estimate of drug-likeness (QED) is 0.635. The highest BCUT2D eigenvalue weighted by Gasteiger charge is 2.56. The van der Waals surface area contributed by atoms with Gasteiger partial charge in [0, 0.05) is 26.2 Å². The average Bonchev–Trinajstić information content (AvgIpc) is 3.24. The SMILES string of the molecule is O=S1(=O)c2ccccc2C2(CCN(Cc3ccccc3)C2)N1Cc1ccc(F)cc1. The Hall–Kier alpha value is -2.54. The zero-order valence-corrected chi connectivity index (χ0v) is 17.4. The van der Waals surface area contributed by atoms with E-state index in [1.54, 1.807) is 28.6 Å². The second-order valence-electron chi connectivity index (χ2n) is 8.11. The first-order valence-corrected chi connectivity index (χ1v) is 11.6. The molecule has 5 rings (SSSR count). The lowest BCUT2D eigenvalue weighted by molar-refractivity contribution is 0.184. The number of nitrogens with zero attached hydrogens (tertiary/aromatic N) is 2. The van der Waals surface area contributed by atoms with Crippen LogP contribution in [0.1, 0.15) is 23.1 Å². The van der Waals surface area contributed by atoms with Crippen molar-refractivity contribution in [1.29, 1.82) is 0 Å². The number of rotatable bonds is 4. The summed E-state index contributed by atoms with van der Waals surface area (Å²) in [7, 11) is -3.63. The lowest BCUT2D eigenvalue weighted by Gasteiger charge is -2.34. The molecule has 3 aromatic rings. The monoisotopic (exact) mass is 422 g/mol. The Morgan fingerprint density at radius 1 is 0.833 bits per heavy atom. The van der Waals surface area contributed by atoms with E-state index in [1.807, 2.05) is 30.3 Å². The van der Waals surface area contributed by atoms with Crippen molar-refractivity contribution in [2.45, 2.75) is 29.9 Å². The van der Waals surface area contributed by atoms with E-state index in [0.29, 0.717) is 11.4 Å². The summed E-state index contributed by atoms with van der Waals surface area (Å²) >= 11 is 0. The van der Waals surface area contributed by atoms with E-state index in [0.717, 1.165) is 30.6 Å². The van der Waals surface area contributed by atoms with Crippen LogP contribution < -0.4 is 0 Å². The van der Waals surface area contributed by atoms with Gasteiger partial charge in [0.15, 0.2) is 0 Å². The highest BCUT2D eigenvalue weighted by Crippen LogP contribution is 2.50. The molecule has 154 valence electrons. The second kappa shape index (κ2) is 7.30. The summed E-state index contributed by atoms with van der Waals surface area (Å²) in [4.78, 5) is 2.72. The summed E-state index contributed by atoms with van der Waals surface area (Å²) < 4.78 is 42.1. The molecule has 1 unspecified atom stereocenters. The van der Waals surface area contributed by atoms with E-state index in [9.17, 15) is 12.8 Å². The third-order valence-corrected chi connectivity index (χ3v) is 8.22. The molecule has 0 N–H and O–H groups in total. The van der Waals surface area contributed by atoms with Gasteiger partial charge < -0.3 is 0 Å². The third kappa shape index (κ3) is 3.16. The molecule has 2 aliphatic rings. The maximum absolute atomic E-state index is 13.5. The van der Waals surface area contributed by atoms with E-state index >= 15 is 0 Å². The summed E-state index contributed by atoms with van der Waals surface area (Å²) in [5.74, 6) is -0.323. The predicted molar refractivity (Wildman–Crippen MR) is 114 cm³/mol. The van der Waals surface area contributed by atoms with Crippen LogP contribution in [0.2, 0.25) is 0 Å². The molecule has 30 heavy (non-hydrogen) atoms. The van der Waals surface area contributed by atoms with Crippen LogP contribution in [0, 0.1) is 5.82 Å². The first-order chi connectivity index (χ1) is 14.5. The molecule has 0 bridgehead atoms. The van der Waals surface area contributed by atoms with Gasteiger partial charge in [0.25, 0.3) is 0 Å². The normalized spacial score (nSPS) is 23.1. The van der Waals surface area contributed by atoms with Crippen LogP contribution >= 0.6 is 0 Å². The molecule has 0 saturated carbocycles. The molecule has 2 aliphatic heterocycles. The number of hydrogen-bond acceptors (Lipinski definition) is 3. The van der Waals surface area contributed by atoms with E-state index < -0.39 is 15.6 Å². The number of likely N-dealkylation sites (tertiary alicyclic amines) is 1. The highest BCUT2D eigenvalue weighted by molar-refractivity contribution is 7.89. The fourth-order valence-corrected chi connectivity index (χ4v) is 6.87. The minimum absolute atomic E-state index is 0.233. The van der Waals surface area contributed by atoms with Gasteiger partial charge >= 0.3 is 0 Å². The molecule has 1 fully saturated rings. The molecule has 2 heterocycles. The summed E-state index contributed by atoms with van der Waals surface area (Å²) in [6, 6.07) is 23.7. The maximum Gasteiger partial charge on any atom is 0.244 e. The summed E-state index contributed by atoms with van der Waals surface area (Å²) in [6.07, 6.45) is 0.733. The van der Waals surface area contributed by atoms with E-state index in [1.165, 1.54) is 17.7 Å². The molecule has 1 atom stereocenters. The van der Waals surface area contributed by atoms with Crippen LogP contribution in [-0.4, -0.2) is 30.7 Å². The molecule has 1 spiro atoms. The molecule has 3 aromatic carbocycles. The Labute approximate surface area is 176 Å². The molecule has 1 saturated heterocycles. The minimum Gasteiger partial charge on any atom is -0.297 e. The first-order valence-electron chi connectivity index (χ1n) is 10.1. The number of halogens is 1. The second-order valence-corrected chi connectivity index (χ2v) is 9.94. The number of hydrogen-bond donors (Lipinski definition) is 0. The van der Waals surface area contributed by atoms with Gasteiger partial charge in [-0.05, 0) is 41.3 Å². The minimum atomic E-state index is -3.63. The van der Waals surface area contributed by atoms with Gasteiger partial charge in [0.2, 0.25) is 10.0 Å². The van der Waals surface area contributed by atoms with Gasteiger partial charge in [0.1, 0.15) is 5.82 Å². The Morgan fingerprint density at radius 3 is 2.27 bits per heavy atom. The number of benzene rings is 3. The van der Waals surface area contributed by atoms with Gasteiger partial charge in [-0.15, -0.1) is 0 Å². The van der Waals surface area contributed by atoms with Crippen molar-refractivity contribution in [3.05, 3.63) is 101 Å². The van der Waals surface area contributed by atoms with Crippen molar-refractivity contribution in [3.8, 4) is 0 Å². The smallest absolute Gasteiger partial charge is 0.244 e. The summed E-state index contributed by atoms with van der Waals surface area (Å²) in [5, 5.41) is 0. The van der Waals surface area contributed by atoms with E-state index in [-0.39, 0.29) is 12.4 Å². The first kappa shape index (κ1) is 19.4. The van der Waals surface area contributed by atoms with Crippen LogP contribution in [0.3, 0.4) is 0 Å². The molecular weight excluding hydrogens is 399 g/mol. The van der Waals surface area contributed by atoms with Crippen molar-refractivity contribution in [1.82, 2.24) is 9.21 Å². The van der Waals surface area contributed by atoms with Crippen LogP contribution in [0.15, 0.2) is 83.8 Å². The lowest BCUT2D eigenvalue weighted by Crippen LogP contribution is -2.45. The topological polar surface area (TPSA) is 40.6 Å². The third-order valence-electron chi connectivity index (χ3n) is 6.25. The lowest BCUT2D eigenvalue weighted by atomic mass is 9.88. The number of sulfonamides is 1. The van der Waals surface area contributed by atoms with Crippen LogP contribution in [0.4, 0.5) is 4.39 Å². The molecule has 0 aromatic heterocycles. The van der Waals surface area contributed by atoms with Crippen molar-refractivity contribution in [2.24, 2.45) is 0 Å². The zero-order chi connectivity index (χ0) is 20.8. The standard InChI is InChI=1S/C24H23FN2O2S/c25-21-12-10-20(11-13-21)17-27-24(22-8-4-5-9-23(22)30(27,28)29)14-15-26(18-24)16-19-6-2-1-3-7-19/h1-13H,14-18H2. The fourth-order valence-electron chi connectivity index (χ4n) is 4.82. The van der Waals surface area contributed by atoms with E-state index in [4.69, 9.17) is 0 Å². The van der Waals surface area contributed by atoms with Gasteiger partial charge in [-0.3, -0.25) is 4.90 Å². The highest BCUT2D eigenvalue weighted by atomic mass is 32.2. The van der Waals surface area contributed by atoms with Crippen molar-refractivity contribution in [3.63, 3.8) is 0 Å². The molecule has 0 aliphatic carbocycles. The molecule has 0 amide bonds. The molecule has 4 nitrogen and oxygen atoms in total. The Kier molecular flexibility index (Phi) is 4.73. The van der Waals surface area contributed by atoms with Gasteiger partial charge in [-0.2, -0.15) is 4.31 Å². The predicted octanol–water partition coefficient (Wildman–Crippen LogP) is 4.13. The van der Waals surface area contributed by atoms with Crippen molar-refractivity contribution < 1.29 is 12.8 Å². The molecule has 6 heteroatoms. The molecule has 0 radical (unpaired) electrons. The average molecular weight is 423 g/mol. The maximum atomic E-state index is 13.5. The zero-order valence-electron chi connectivity index (χ0n) is 16.5. The Morgan fingerprint density at radius 2 is 1.50 bits per heavy atom. The van der Waals surface area contributed by atoms with Gasteiger partial charge in [-0.25, -0.2) is 12.8 Å². The van der Waals surface area contributed by atoms with Crippen LogP contribution in [0.25, 0.3) is 0 Å². The van der Waals surface area contributed by atoms with Crippen LogP contribution in [-0.2, 0) is 28.7 Å². The van der Waals surface area contributed by atoms with Crippen molar-refractivity contribution >= 4 is 10.0 Å². The largest absolute Gasteiger partial charge is 0.297 e. The van der Waals surface area contributed by atoms with Crippen LogP contribution in [0.5, 0.6) is 0 Å². The molecular formula is C24H23FN2O2S. The Bertz CT molecular complexity index is 1170. The van der Waals surface area contributed by atoms with Crippen molar-refractivity contribution in [2.75, 3.05) is 13.1 Å².